The van der Waals surface area contributed by atoms with Gasteiger partial charge in [0.15, 0.2) is 0 Å². The maximum absolute atomic E-state index is 12.5. The number of carbonyl (C=O) groups excluding carboxylic acids is 2. The third-order valence-corrected chi connectivity index (χ3v) is 4.81. The third-order valence-electron chi connectivity index (χ3n) is 4.81. The van der Waals surface area contributed by atoms with Crippen molar-refractivity contribution in [1.82, 2.24) is 15.5 Å². The van der Waals surface area contributed by atoms with E-state index in [-0.39, 0.29) is 12.1 Å². The normalized spacial score (nSPS) is 16.8. The summed E-state index contributed by atoms with van der Waals surface area (Å²) in [5, 5.41) is 5.89. The van der Waals surface area contributed by atoms with Crippen molar-refractivity contribution in [3.8, 4) is 0 Å². The lowest BCUT2D eigenvalue weighted by Crippen LogP contribution is -2.53. The Labute approximate surface area is 174 Å². The van der Waals surface area contributed by atoms with Gasteiger partial charge in [-0.3, -0.25) is 0 Å². The summed E-state index contributed by atoms with van der Waals surface area (Å²) in [6.45, 7) is 11.3. The van der Waals surface area contributed by atoms with Crippen molar-refractivity contribution in [2.24, 2.45) is 0 Å². The molecule has 1 fully saturated rings. The van der Waals surface area contributed by atoms with Crippen LogP contribution in [0.3, 0.4) is 0 Å². The van der Waals surface area contributed by atoms with E-state index in [1.807, 2.05) is 39.0 Å². The number of rotatable bonds is 7. The van der Waals surface area contributed by atoms with Gasteiger partial charge in [-0.25, -0.2) is 9.59 Å². The number of urea groups is 1. The highest BCUT2D eigenvalue weighted by molar-refractivity contribution is 5.74. The number of amides is 3. The zero-order chi connectivity index (χ0) is 21.3. The van der Waals surface area contributed by atoms with Crippen molar-refractivity contribution in [2.45, 2.75) is 58.6 Å². The van der Waals surface area contributed by atoms with Gasteiger partial charge in [0.1, 0.15) is 5.60 Å². The van der Waals surface area contributed by atoms with E-state index in [1.165, 1.54) is 5.69 Å². The number of hydrogen-bond donors (Lipinski definition) is 2. The fourth-order valence-electron chi connectivity index (χ4n) is 3.44. The van der Waals surface area contributed by atoms with Gasteiger partial charge in [-0.1, -0.05) is 18.2 Å². The van der Waals surface area contributed by atoms with Crippen molar-refractivity contribution in [1.29, 1.82) is 0 Å². The monoisotopic (exact) mass is 404 g/mol. The van der Waals surface area contributed by atoms with Gasteiger partial charge >= 0.3 is 12.1 Å². The zero-order valence-electron chi connectivity index (χ0n) is 18.2. The van der Waals surface area contributed by atoms with Crippen molar-refractivity contribution >= 4 is 17.8 Å². The molecule has 7 heteroatoms. The second kappa shape index (κ2) is 10.9. The summed E-state index contributed by atoms with van der Waals surface area (Å²) in [5.41, 5.74) is 0.676. The minimum Gasteiger partial charge on any atom is -0.444 e. The molecule has 1 aliphatic heterocycles. The molecule has 1 aromatic carbocycles. The number of likely N-dealkylation sites (tertiary alicyclic amines) is 1. The highest BCUT2D eigenvalue weighted by atomic mass is 16.6. The van der Waals surface area contributed by atoms with Gasteiger partial charge in [0.25, 0.3) is 0 Å². The van der Waals surface area contributed by atoms with Crippen molar-refractivity contribution in [2.75, 3.05) is 37.6 Å². The Morgan fingerprint density at radius 1 is 1.24 bits per heavy atom. The van der Waals surface area contributed by atoms with Gasteiger partial charge in [-0.05, 0) is 59.1 Å². The van der Waals surface area contributed by atoms with Crippen LogP contribution in [0.15, 0.2) is 30.3 Å². The van der Waals surface area contributed by atoms with E-state index < -0.39 is 11.7 Å². The number of ether oxygens (including phenoxy) is 1. The Morgan fingerprint density at radius 3 is 2.62 bits per heavy atom. The Hall–Kier alpha value is -2.44. The van der Waals surface area contributed by atoms with Crippen LogP contribution in [0.2, 0.25) is 0 Å². The predicted octanol–water partition coefficient (Wildman–Crippen LogP) is 3.60. The minimum absolute atomic E-state index is 0.0663. The van der Waals surface area contributed by atoms with E-state index in [0.29, 0.717) is 19.6 Å². The standard InChI is InChI=1S/C22H36N4O3/c1-5-25(19-12-7-6-8-13-19)16-10-14-23-20(27)26-15-9-11-18(17-26)24-21(28)29-22(2,3)4/h6-8,12-13,18H,5,9-11,14-17H2,1-4H3,(H,23,27)(H,24,28). The molecule has 3 amide bonds. The number of nitrogens with one attached hydrogen (secondary N) is 2. The molecule has 0 saturated carbocycles. The summed E-state index contributed by atoms with van der Waals surface area (Å²) in [7, 11) is 0. The average molecular weight is 405 g/mol. The van der Waals surface area contributed by atoms with E-state index in [4.69, 9.17) is 4.74 Å². The molecule has 1 heterocycles. The van der Waals surface area contributed by atoms with Gasteiger partial charge in [-0.15, -0.1) is 0 Å². The number of nitrogens with zero attached hydrogens (tertiary/aromatic N) is 2. The number of benzene rings is 1. The van der Waals surface area contributed by atoms with Crippen LogP contribution in [0.25, 0.3) is 0 Å². The first-order chi connectivity index (χ1) is 13.8. The second-order valence-corrected chi connectivity index (χ2v) is 8.43. The van der Waals surface area contributed by atoms with Gasteiger partial charge < -0.3 is 25.2 Å². The average Bonchev–Trinajstić information content (AvgIpc) is 2.67. The molecule has 0 aliphatic carbocycles. The number of alkyl carbamates (subject to hydrolysis) is 1. The molecule has 1 aromatic rings. The molecule has 1 saturated heterocycles. The molecule has 1 aliphatic rings. The summed E-state index contributed by atoms with van der Waals surface area (Å²) >= 11 is 0. The summed E-state index contributed by atoms with van der Waals surface area (Å²) < 4.78 is 5.31. The smallest absolute Gasteiger partial charge is 0.407 e. The van der Waals surface area contributed by atoms with Crippen molar-refractivity contribution in [3.63, 3.8) is 0 Å². The molecular formula is C22H36N4O3. The predicted molar refractivity (Wildman–Crippen MR) is 116 cm³/mol. The Kier molecular flexibility index (Phi) is 8.61. The Balaban J connectivity index is 1.71. The molecule has 1 atom stereocenters. The van der Waals surface area contributed by atoms with Crippen molar-refractivity contribution in [3.05, 3.63) is 30.3 Å². The number of carbonyl (C=O) groups is 2. The second-order valence-electron chi connectivity index (χ2n) is 8.43. The summed E-state index contributed by atoms with van der Waals surface area (Å²) in [6.07, 6.45) is 2.17. The molecule has 29 heavy (non-hydrogen) atoms. The lowest BCUT2D eigenvalue weighted by atomic mass is 10.1. The molecule has 162 valence electrons. The first kappa shape index (κ1) is 22.8. The number of piperidine rings is 1. The summed E-state index contributed by atoms with van der Waals surface area (Å²) in [6, 6.07) is 10.2. The summed E-state index contributed by atoms with van der Waals surface area (Å²) in [4.78, 5) is 28.5. The molecule has 2 rings (SSSR count). The Morgan fingerprint density at radius 2 is 1.97 bits per heavy atom. The van der Waals surface area contributed by atoms with Crippen LogP contribution in [0, 0.1) is 0 Å². The molecule has 7 nitrogen and oxygen atoms in total. The molecule has 2 N–H and O–H groups in total. The van der Waals surface area contributed by atoms with E-state index >= 15 is 0 Å². The summed E-state index contributed by atoms with van der Waals surface area (Å²) in [5.74, 6) is 0. The maximum atomic E-state index is 12.5. The fourth-order valence-corrected chi connectivity index (χ4v) is 3.44. The van der Waals surface area contributed by atoms with Gasteiger partial charge in [0.05, 0.1) is 0 Å². The van der Waals surface area contributed by atoms with Gasteiger partial charge in [-0.2, -0.15) is 0 Å². The molecule has 1 unspecified atom stereocenters. The van der Waals surface area contributed by atoms with Crippen LogP contribution >= 0.6 is 0 Å². The minimum atomic E-state index is -0.526. The molecule has 0 radical (unpaired) electrons. The maximum Gasteiger partial charge on any atom is 0.407 e. The molecule has 0 bridgehead atoms. The van der Waals surface area contributed by atoms with E-state index in [0.717, 1.165) is 32.4 Å². The Bertz CT molecular complexity index is 645. The van der Waals surface area contributed by atoms with Crippen LogP contribution < -0.4 is 15.5 Å². The topological polar surface area (TPSA) is 73.9 Å². The van der Waals surface area contributed by atoms with Crippen molar-refractivity contribution < 1.29 is 14.3 Å². The molecule has 0 spiro atoms. The number of hydrogen-bond acceptors (Lipinski definition) is 4. The lowest BCUT2D eigenvalue weighted by molar-refractivity contribution is 0.0479. The first-order valence-electron chi connectivity index (χ1n) is 10.6. The first-order valence-corrected chi connectivity index (χ1v) is 10.6. The number of anilines is 1. The largest absolute Gasteiger partial charge is 0.444 e. The number of para-hydroxylation sites is 1. The highest BCUT2D eigenvalue weighted by Gasteiger charge is 2.26. The molecular weight excluding hydrogens is 368 g/mol. The van der Waals surface area contributed by atoms with E-state index in [1.54, 1.807) is 4.90 Å². The van der Waals surface area contributed by atoms with Crippen LogP contribution in [0.4, 0.5) is 15.3 Å². The quantitative estimate of drug-likeness (QED) is 0.681. The van der Waals surface area contributed by atoms with Crippen LogP contribution in [-0.2, 0) is 4.74 Å². The third kappa shape index (κ3) is 8.21. The highest BCUT2D eigenvalue weighted by Crippen LogP contribution is 2.14. The molecule has 0 aromatic heterocycles. The van der Waals surface area contributed by atoms with Crippen LogP contribution in [-0.4, -0.2) is 61.4 Å². The zero-order valence-corrected chi connectivity index (χ0v) is 18.2. The lowest BCUT2D eigenvalue weighted by Gasteiger charge is -2.33. The van der Waals surface area contributed by atoms with Gasteiger partial charge in [0, 0.05) is 44.5 Å². The van der Waals surface area contributed by atoms with E-state index in [2.05, 4.69) is 34.6 Å². The van der Waals surface area contributed by atoms with Crippen LogP contribution in [0.1, 0.15) is 47.0 Å². The van der Waals surface area contributed by atoms with E-state index in [9.17, 15) is 9.59 Å². The SMILES string of the molecule is CCN(CCCNC(=O)N1CCCC(NC(=O)OC(C)(C)C)C1)c1ccccc1. The van der Waals surface area contributed by atoms with Crippen LogP contribution in [0.5, 0.6) is 0 Å². The van der Waals surface area contributed by atoms with Gasteiger partial charge in [0.2, 0.25) is 0 Å². The fraction of sp³-hybridized carbons (Fsp3) is 0.636.